The molecule has 1 fully saturated rings. The van der Waals surface area contributed by atoms with Crippen LogP contribution in [0.25, 0.3) is 0 Å². The lowest BCUT2D eigenvalue weighted by Crippen LogP contribution is -2.39. The van der Waals surface area contributed by atoms with Crippen LogP contribution in [-0.2, 0) is 10.0 Å². The summed E-state index contributed by atoms with van der Waals surface area (Å²) < 4.78 is 27.0. The minimum Gasteiger partial charge on any atom is -0.318 e. The van der Waals surface area contributed by atoms with Gasteiger partial charge in [0.25, 0.3) is 5.69 Å². The van der Waals surface area contributed by atoms with Gasteiger partial charge < -0.3 is 5.43 Å². The van der Waals surface area contributed by atoms with Crippen LogP contribution in [0.2, 0.25) is 0 Å². The van der Waals surface area contributed by atoms with Crippen LogP contribution in [0.4, 0.5) is 11.4 Å². The summed E-state index contributed by atoms with van der Waals surface area (Å²) in [7, 11) is -3.76. The third-order valence-corrected chi connectivity index (χ3v) is 5.02. The highest BCUT2D eigenvalue weighted by molar-refractivity contribution is 7.89. The molecule has 9 heteroatoms. The van der Waals surface area contributed by atoms with Crippen molar-refractivity contribution in [3.05, 3.63) is 27.8 Å². The Morgan fingerprint density at radius 1 is 1.40 bits per heavy atom. The Kier molecular flexibility index (Phi) is 3.93. The SMILES string of the molecule is Cc1cc(NN)c([N+](=O)[O-])cc1S(=O)(=O)NC1CCC1. The van der Waals surface area contributed by atoms with Gasteiger partial charge in [0.15, 0.2) is 0 Å². The van der Waals surface area contributed by atoms with Crippen LogP contribution in [0.3, 0.4) is 0 Å². The van der Waals surface area contributed by atoms with Gasteiger partial charge in [-0.05, 0) is 31.4 Å². The van der Waals surface area contributed by atoms with E-state index < -0.39 is 14.9 Å². The summed E-state index contributed by atoms with van der Waals surface area (Å²) in [4.78, 5) is 10.2. The van der Waals surface area contributed by atoms with Crippen molar-refractivity contribution < 1.29 is 13.3 Å². The second-order valence-corrected chi connectivity index (χ2v) is 6.47. The van der Waals surface area contributed by atoms with Crippen molar-refractivity contribution in [1.82, 2.24) is 4.72 Å². The molecule has 110 valence electrons. The molecule has 0 amide bonds. The van der Waals surface area contributed by atoms with Gasteiger partial charge in [-0.25, -0.2) is 13.1 Å². The van der Waals surface area contributed by atoms with E-state index in [1.807, 2.05) is 0 Å². The fourth-order valence-corrected chi connectivity index (χ4v) is 3.59. The predicted octanol–water partition coefficient (Wildman–Crippen LogP) is 1.02. The molecule has 0 spiro atoms. The van der Waals surface area contributed by atoms with Gasteiger partial charge in [0.05, 0.1) is 9.82 Å². The Morgan fingerprint density at radius 2 is 2.05 bits per heavy atom. The van der Waals surface area contributed by atoms with E-state index >= 15 is 0 Å². The second kappa shape index (κ2) is 5.35. The number of sulfonamides is 1. The van der Waals surface area contributed by atoms with Crippen molar-refractivity contribution in [2.45, 2.75) is 37.1 Å². The third kappa shape index (κ3) is 2.74. The molecule has 1 aromatic rings. The first-order chi connectivity index (χ1) is 9.35. The lowest BCUT2D eigenvalue weighted by Gasteiger charge is -2.26. The zero-order chi connectivity index (χ0) is 14.9. The number of nitro groups is 1. The lowest BCUT2D eigenvalue weighted by atomic mass is 9.94. The van der Waals surface area contributed by atoms with Crippen LogP contribution in [0, 0.1) is 17.0 Å². The quantitative estimate of drug-likeness (QED) is 0.423. The van der Waals surface area contributed by atoms with E-state index in [0.717, 1.165) is 25.3 Å². The average Bonchev–Trinajstić information content (AvgIpc) is 2.33. The van der Waals surface area contributed by atoms with E-state index in [2.05, 4.69) is 10.1 Å². The lowest BCUT2D eigenvalue weighted by molar-refractivity contribution is -0.384. The van der Waals surface area contributed by atoms with E-state index in [0.29, 0.717) is 5.56 Å². The first kappa shape index (κ1) is 14.7. The summed E-state index contributed by atoms with van der Waals surface area (Å²) in [5, 5.41) is 11.0. The van der Waals surface area contributed by atoms with Crippen LogP contribution in [0.15, 0.2) is 17.0 Å². The summed E-state index contributed by atoms with van der Waals surface area (Å²) in [6, 6.07) is 2.31. The van der Waals surface area contributed by atoms with Gasteiger partial charge in [-0.1, -0.05) is 6.42 Å². The molecular formula is C11H16N4O4S. The molecule has 0 saturated heterocycles. The van der Waals surface area contributed by atoms with Crippen LogP contribution in [0.1, 0.15) is 24.8 Å². The van der Waals surface area contributed by atoms with Crippen molar-refractivity contribution >= 4 is 21.4 Å². The Balaban J connectivity index is 2.45. The van der Waals surface area contributed by atoms with Crippen LogP contribution in [-0.4, -0.2) is 19.4 Å². The summed E-state index contributed by atoms with van der Waals surface area (Å²) in [6.45, 7) is 1.57. The number of nitrogens with two attached hydrogens (primary N) is 1. The Morgan fingerprint density at radius 3 is 2.50 bits per heavy atom. The highest BCUT2D eigenvalue weighted by Crippen LogP contribution is 2.30. The second-order valence-electron chi connectivity index (χ2n) is 4.79. The van der Waals surface area contributed by atoms with Crippen LogP contribution >= 0.6 is 0 Å². The topological polar surface area (TPSA) is 127 Å². The van der Waals surface area contributed by atoms with E-state index in [9.17, 15) is 18.5 Å². The van der Waals surface area contributed by atoms with Gasteiger partial charge in [0, 0.05) is 12.1 Å². The number of nitrogens with one attached hydrogen (secondary N) is 2. The number of hydrogen-bond donors (Lipinski definition) is 3. The number of aryl methyl sites for hydroxylation is 1. The molecule has 8 nitrogen and oxygen atoms in total. The van der Waals surface area contributed by atoms with Crippen molar-refractivity contribution in [3.8, 4) is 0 Å². The Labute approximate surface area is 116 Å². The van der Waals surface area contributed by atoms with Crippen molar-refractivity contribution in [2.75, 3.05) is 5.43 Å². The van der Waals surface area contributed by atoms with Gasteiger partial charge in [-0.2, -0.15) is 0 Å². The number of benzene rings is 1. The molecule has 0 aromatic heterocycles. The molecule has 0 heterocycles. The molecule has 0 radical (unpaired) electrons. The van der Waals surface area contributed by atoms with E-state index in [-0.39, 0.29) is 22.3 Å². The molecule has 1 aromatic carbocycles. The van der Waals surface area contributed by atoms with E-state index in [1.165, 1.54) is 6.07 Å². The molecule has 0 unspecified atom stereocenters. The monoisotopic (exact) mass is 300 g/mol. The largest absolute Gasteiger partial charge is 0.318 e. The molecule has 0 aliphatic heterocycles. The van der Waals surface area contributed by atoms with E-state index in [4.69, 9.17) is 5.84 Å². The third-order valence-electron chi connectivity index (χ3n) is 3.36. The summed E-state index contributed by atoms with van der Waals surface area (Å²) in [5.74, 6) is 5.21. The number of anilines is 1. The summed E-state index contributed by atoms with van der Waals surface area (Å²) in [5.41, 5.74) is 2.31. The molecule has 4 N–H and O–H groups in total. The molecule has 2 rings (SSSR count). The van der Waals surface area contributed by atoms with Crippen molar-refractivity contribution in [1.29, 1.82) is 0 Å². The molecule has 1 saturated carbocycles. The minimum absolute atomic E-state index is 0.0780. The van der Waals surface area contributed by atoms with Crippen molar-refractivity contribution in [3.63, 3.8) is 0 Å². The van der Waals surface area contributed by atoms with E-state index in [1.54, 1.807) is 6.92 Å². The first-order valence-corrected chi connectivity index (χ1v) is 7.61. The maximum atomic E-state index is 12.2. The van der Waals surface area contributed by atoms with Gasteiger partial charge >= 0.3 is 0 Å². The Bertz CT molecular complexity index is 640. The molecular weight excluding hydrogens is 284 g/mol. The predicted molar refractivity (Wildman–Crippen MR) is 73.6 cm³/mol. The molecule has 1 aliphatic rings. The summed E-state index contributed by atoms with van der Waals surface area (Å²) in [6.07, 6.45) is 2.58. The highest BCUT2D eigenvalue weighted by Gasteiger charge is 2.28. The van der Waals surface area contributed by atoms with Gasteiger partial charge in [0.2, 0.25) is 10.0 Å². The zero-order valence-corrected chi connectivity index (χ0v) is 11.7. The van der Waals surface area contributed by atoms with Crippen molar-refractivity contribution in [2.24, 2.45) is 5.84 Å². The van der Waals surface area contributed by atoms with Crippen LogP contribution < -0.4 is 16.0 Å². The molecule has 20 heavy (non-hydrogen) atoms. The highest BCUT2D eigenvalue weighted by atomic mass is 32.2. The first-order valence-electron chi connectivity index (χ1n) is 6.13. The molecule has 0 atom stereocenters. The fourth-order valence-electron chi connectivity index (χ4n) is 2.04. The minimum atomic E-state index is -3.76. The summed E-state index contributed by atoms with van der Waals surface area (Å²) >= 11 is 0. The Hall–Kier alpha value is -1.71. The molecule has 0 bridgehead atoms. The number of nitrogens with zero attached hydrogens (tertiary/aromatic N) is 1. The number of rotatable bonds is 5. The maximum absolute atomic E-state index is 12.2. The number of hydrogen-bond acceptors (Lipinski definition) is 6. The molecule has 1 aliphatic carbocycles. The van der Waals surface area contributed by atoms with Crippen LogP contribution in [0.5, 0.6) is 0 Å². The smallest absolute Gasteiger partial charge is 0.295 e. The number of nitrogen functional groups attached to an aromatic ring is 1. The van der Waals surface area contributed by atoms with Gasteiger partial charge in [-0.15, -0.1) is 0 Å². The normalized spacial score (nSPS) is 15.7. The standard InChI is InChI=1S/C11H16N4O4S/c1-7-5-9(13-12)10(15(16)17)6-11(7)20(18,19)14-8-3-2-4-8/h5-6,8,13-14H,2-4,12H2,1H3. The number of hydrazine groups is 1. The number of nitro benzene ring substituents is 1. The van der Waals surface area contributed by atoms with Gasteiger partial charge in [0.1, 0.15) is 5.69 Å². The maximum Gasteiger partial charge on any atom is 0.295 e. The fraction of sp³-hybridized carbons (Fsp3) is 0.455. The van der Waals surface area contributed by atoms with Gasteiger partial charge in [-0.3, -0.25) is 16.0 Å². The zero-order valence-electron chi connectivity index (χ0n) is 10.9. The average molecular weight is 300 g/mol.